The number of carbonyl (C=O) groups excluding carboxylic acids is 1. The first-order valence-corrected chi connectivity index (χ1v) is 6.92. The van der Waals surface area contributed by atoms with Crippen molar-refractivity contribution in [1.29, 1.82) is 0 Å². The summed E-state index contributed by atoms with van der Waals surface area (Å²) in [5.41, 5.74) is 6.74. The minimum Gasteiger partial charge on any atom is -0.334 e. The van der Waals surface area contributed by atoms with Gasteiger partial charge in [0.1, 0.15) is 5.82 Å². The molecular formula is C15H21FN2O. The summed E-state index contributed by atoms with van der Waals surface area (Å²) in [6.07, 6.45) is 3.65. The average molecular weight is 264 g/mol. The zero-order valence-electron chi connectivity index (χ0n) is 11.3. The maximum atomic E-state index is 13.2. The van der Waals surface area contributed by atoms with E-state index in [0.29, 0.717) is 19.0 Å². The molecule has 1 amide bonds. The molecule has 1 atom stereocenters. The molecule has 2 rings (SSSR count). The van der Waals surface area contributed by atoms with Crippen LogP contribution in [0.1, 0.15) is 38.2 Å². The fourth-order valence-corrected chi connectivity index (χ4v) is 2.25. The molecule has 0 heterocycles. The van der Waals surface area contributed by atoms with Crippen LogP contribution in [-0.4, -0.2) is 22.9 Å². The van der Waals surface area contributed by atoms with Gasteiger partial charge in [-0.2, -0.15) is 0 Å². The van der Waals surface area contributed by atoms with Crippen molar-refractivity contribution in [2.75, 3.05) is 0 Å². The lowest BCUT2D eigenvalue weighted by Crippen LogP contribution is -2.44. The van der Waals surface area contributed by atoms with Gasteiger partial charge in [0.05, 0.1) is 6.04 Å². The Morgan fingerprint density at radius 2 is 2.26 bits per heavy atom. The maximum Gasteiger partial charge on any atom is 0.240 e. The predicted octanol–water partition coefficient (Wildman–Crippen LogP) is 2.44. The van der Waals surface area contributed by atoms with Gasteiger partial charge in [-0.3, -0.25) is 4.79 Å². The monoisotopic (exact) mass is 264 g/mol. The molecule has 3 nitrogen and oxygen atoms in total. The topological polar surface area (TPSA) is 46.3 Å². The Morgan fingerprint density at radius 1 is 1.53 bits per heavy atom. The Bertz CT molecular complexity index is 446. The Balaban J connectivity index is 2.06. The summed E-state index contributed by atoms with van der Waals surface area (Å²) in [4.78, 5) is 14.1. The van der Waals surface area contributed by atoms with Gasteiger partial charge >= 0.3 is 0 Å². The smallest absolute Gasteiger partial charge is 0.240 e. The normalized spacial score (nSPS) is 16.2. The molecule has 1 aliphatic rings. The third-order valence-electron chi connectivity index (χ3n) is 3.43. The van der Waals surface area contributed by atoms with Gasteiger partial charge in [-0.05, 0) is 37.0 Å². The van der Waals surface area contributed by atoms with Crippen LogP contribution in [0.3, 0.4) is 0 Å². The SMILES string of the molecule is CCCC(N)C(=O)N(Cc1cccc(F)c1)C1CC1. The number of nitrogens with zero attached hydrogens (tertiary/aromatic N) is 1. The second kappa shape index (κ2) is 6.15. The molecule has 104 valence electrons. The molecule has 2 N–H and O–H groups in total. The molecule has 1 saturated carbocycles. The molecule has 0 bridgehead atoms. The third kappa shape index (κ3) is 3.77. The zero-order valence-corrected chi connectivity index (χ0v) is 11.3. The summed E-state index contributed by atoms with van der Waals surface area (Å²) in [5, 5.41) is 0. The summed E-state index contributed by atoms with van der Waals surface area (Å²) in [6.45, 7) is 2.47. The number of nitrogens with two attached hydrogens (primary N) is 1. The number of carbonyl (C=O) groups is 1. The van der Waals surface area contributed by atoms with Crippen molar-refractivity contribution in [3.05, 3.63) is 35.6 Å². The zero-order chi connectivity index (χ0) is 13.8. The van der Waals surface area contributed by atoms with E-state index in [1.807, 2.05) is 17.9 Å². The second-order valence-corrected chi connectivity index (χ2v) is 5.22. The van der Waals surface area contributed by atoms with Crippen molar-refractivity contribution in [3.63, 3.8) is 0 Å². The molecule has 1 aliphatic carbocycles. The van der Waals surface area contributed by atoms with Crippen molar-refractivity contribution in [1.82, 2.24) is 4.90 Å². The van der Waals surface area contributed by atoms with Crippen LogP contribution in [0, 0.1) is 5.82 Å². The first kappa shape index (κ1) is 14.0. The van der Waals surface area contributed by atoms with Gasteiger partial charge in [-0.1, -0.05) is 25.5 Å². The number of amides is 1. The lowest BCUT2D eigenvalue weighted by Gasteiger charge is -2.25. The molecule has 1 aromatic rings. The molecule has 0 aromatic heterocycles. The van der Waals surface area contributed by atoms with Gasteiger partial charge in [0.15, 0.2) is 0 Å². The number of hydrogen-bond acceptors (Lipinski definition) is 2. The van der Waals surface area contributed by atoms with Crippen molar-refractivity contribution >= 4 is 5.91 Å². The Hall–Kier alpha value is -1.42. The van der Waals surface area contributed by atoms with Gasteiger partial charge in [0.25, 0.3) is 0 Å². The van der Waals surface area contributed by atoms with Crippen LogP contribution in [0.4, 0.5) is 4.39 Å². The summed E-state index contributed by atoms with van der Waals surface area (Å²) in [5.74, 6) is -0.271. The first-order chi connectivity index (χ1) is 9.11. The van der Waals surface area contributed by atoms with Crippen LogP contribution < -0.4 is 5.73 Å². The van der Waals surface area contributed by atoms with Gasteiger partial charge in [0, 0.05) is 12.6 Å². The molecule has 1 aromatic carbocycles. The van der Waals surface area contributed by atoms with E-state index in [2.05, 4.69) is 0 Å². The molecule has 19 heavy (non-hydrogen) atoms. The first-order valence-electron chi connectivity index (χ1n) is 6.92. The molecule has 0 radical (unpaired) electrons. The van der Waals surface area contributed by atoms with Crippen molar-refractivity contribution in [2.24, 2.45) is 5.73 Å². The van der Waals surface area contributed by atoms with E-state index in [0.717, 1.165) is 24.8 Å². The molecule has 1 fully saturated rings. The number of benzene rings is 1. The van der Waals surface area contributed by atoms with Gasteiger partial charge in [-0.15, -0.1) is 0 Å². The minimum absolute atomic E-state index is 0.00592. The highest BCUT2D eigenvalue weighted by molar-refractivity contribution is 5.82. The van der Waals surface area contributed by atoms with E-state index in [4.69, 9.17) is 5.73 Å². The fourth-order valence-electron chi connectivity index (χ4n) is 2.25. The maximum absolute atomic E-state index is 13.2. The van der Waals surface area contributed by atoms with Crippen molar-refractivity contribution in [2.45, 2.75) is 51.2 Å². The molecule has 0 saturated heterocycles. The Morgan fingerprint density at radius 3 is 2.84 bits per heavy atom. The van der Waals surface area contributed by atoms with Crippen LogP contribution in [0.2, 0.25) is 0 Å². The van der Waals surface area contributed by atoms with E-state index in [1.165, 1.54) is 12.1 Å². The van der Waals surface area contributed by atoms with Gasteiger partial charge in [-0.25, -0.2) is 4.39 Å². The van der Waals surface area contributed by atoms with Crippen LogP contribution >= 0.6 is 0 Å². The Kier molecular flexibility index (Phi) is 4.53. The lowest BCUT2D eigenvalue weighted by atomic mass is 10.1. The second-order valence-electron chi connectivity index (χ2n) is 5.22. The highest BCUT2D eigenvalue weighted by Crippen LogP contribution is 2.29. The molecule has 1 unspecified atom stereocenters. The summed E-state index contributed by atoms with van der Waals surface area (Å²) in [7, 11) is 0. The molecule has 4 heteroatoms. The quantitative estimate of drug-likeness (QED) is 0.857. The fraction of sp³-hybridized carbons (Fsp3) is 0.533. The van der Waals surface area contributed by atoms with Crippen molar-refractivity contribution < 1.29 is 9.18 Å². The van der Waals surface area contributed by atoms with Crippen molar-refractivity contribution in [3.8, 4) is 0 Å². The van der Waals surface area contributed by atoms with Crippen LogP contribution in [0.15, 0.2) is 24.3 Å². The van der Waals surface area contributed by atoms with E-state index >= 15 is 0 Å². The van der Waals surface area contributed by atoms with Crippen LogP contribution in [0.5, 0.6) is 0 Å². The van der Waals surface area contributed by atoms with Gasteiger partial charge < -0.3 is 10.6 Å². The average Bonchev–Trinajstić information content (AvgIpc) is 3.20. The summed E-state index contributed by atoms with van der Waals surface area (Å²) >= 11 is 0. The van der Waals surface area contributed by atoms with Crippen LogP contribution in [-0.2, 0) is 11.3 Å². The van der Waals surface area contributed by atoms with Crippen LogP contribution in [0.25, 0.3) is 0 Å². The van der Waals surface area contributed by atoms with E-state index in [1.54, 1.807) is 6.07 Å². The van der Waals surface area contributed by atoms with E-state index in [-0.39, 0.29) is 11.7 Å². The number of halogens is 1. The lowest BCUT2D eigenvalue weighted by molar-refractivity contribution is -0.134. The van der Waals surface area contributed by atoms with Gasteiger partial charge in [0.2, 0.25) is 5.91 Å². The molecular weight excluding hydrogens is 243 g/mol. The standard InChI is InChI=1S/C15H21FN2O/c1-2-4-14(17)15(19)18(13-7-8-13)10-11-5-3-6-12(16)9-11/h3,5-6,9,13-14H,2,4,7-8,10,17H2,1H3. The minimum atomic E-state index is -0.431. The largest absolute Gasteiger partial charge is 0.334 e. The highest BCUT2D eigenvalue weighted by atomic mass is 19.1. The third-order valence-corrected chi connectivity index (χ3v) is 3.43. The molecule has 0 aliphatic heterocycles. The Labute approximate surface area is 113 Å². The number of hydrogen-bond donors (Lipinski definition) is 1. The van der Waals surface area contributed by atoms with E-state index < -0.39 is 6.04 Å². The predicted molar refractivity (Wildman–Crippen MR) is 72.9 cm³/mol. The summed E-state index contributed by atoms with van der Waals surface area (Å²) < 4.78 is 13.2. The number of rotatable bonds is 6. The highest BCUT2D eigenvalue weighted by Gasteiger charge is 2.34. The van der Waals surface area contributed by atoms with E-state index in [9.17, 15) is 9.18 Å². The molecule has 0 spiro atoms. The summed E-state index contributed by atoms with van der Waals surface area (Å²) in [6, 6.07) is 6.27.